The zero-order valence-corrected chi connectivity index (χ0v) is 16.0. The van der Waals surface area contributed by atoms with Crippen LogP contribution in [-0.2, 0) is 16.0 Å². The third-order valence-corrected chi connectivity index (χ3v) is 4.80. The van der Waals surface area contributed by atoms with Crippen molar-refractivity contribution < 1.29 is 23.9 Å². The van der Waals surface area contributed by atoms with Crippen LogP contribution in [0.15, 0.2) is 42.5 Å². The molecule has 4 rings (SSSR count). The van der Waals surface area contributed by atoms with E-state index in [1.54, 1.807) is 36.4 Å². The van der Waals surface area contributed by atoms with Crippen LogP contribution in [-0.4, -0.2) is 47.6 Å². The van der Waals surface area contributed by atoms with Crippen molar-refractivity contribution in [2.24, 2.45) is 0 Å². The van der Waals surface area contributed by atoms with Crippen molar-refractivity contribution in [2.75, 3.05) is 25.2 Å². The van der Waals surface area contributed by atoms with E-state index in [1.165, 1.54) is 16.9 Å². The summed E-state index contributed by atoms with van der Waals surface area (Å²) in [6.45, 7) is 2.59. The molecule has 8 heteroatoms. The molecule has 0 aliphatic carbocycles. The van der Waals surface area contributed by atoms with Gasteiger partial charge in [0, 0.05) is 31.3 Å². The Labute approximate surface area is 168 Å². The molecule has 2 aliphatic heterocycles. The topological polar surface area (TPSA) is 88.2 Å². The van der Waals surface area contributed by atoms with Crippen molar-refractivity contribution in [3.8, 4) is 11.5 Å². The maximum Gasteiger partial charge on any atom is 0.272 e. The summed E-state index contributed by atoms with van der Waals surface area (Å²) in [7, 11) is 0. The number of nitrogens with zero attached hydrogens (tertiary/aromatic N) is 2. The quantitative estimate of drug-likeness (QED) is 0.858. The number of rotatable bonds is 4. The molecule has 3 amide bonds. The summed E-state index contributed by atoms with van der Waals surface area (Å²) in [6, 6.07) is 12.0. The number of carbonyl (C=O) groups excluding carboxylic acids is 3. The van der Waals surface area contributed by atoms with Gasteiger partial charge in [0.2, 0.25) is 18.6 Å². The molecule has 0 bridgehead atoms. The summed E-state index contributed by atoms with van der Waals surface area (Å²) < 4.78 is 10.7. The van der Waals surface area contributed by atoms with E-state index in [4.69, 9.17) is 9.47 Å². The minimum Gasteiger partial charge on any atom is -0.454 e. The molecular formula is C21H21N3O5. The number of anilines is 1. The van der Waals surface area contributed by atoms with E-state index < -0.39 is 0 Å². The molecule has 2 heterocycles. The smallest absolute Gasteiger partial charge is 0.272 e. The molecule has 150 valence electrons. The maximum absolute atomic E-state index is 12.9. The van der Waals surface area contributed by atoms with Crippen molar-refractivity contribution in [2.45, 2.75) is 19.8 Å². The zero-order valence-electron chi connectivity index (χ0n) is 16.0. The fraction of sp³-hybridized carbons (Fsp3) is 0.286. The number of hydrogen-bond donors (Lipinski definition) is 1. The van der Waals surface area contributed by atoms with E-state index >= 15 is 0 Å². The maximum atomic E-state index is 12.9. The first-order chi connectivity index (χ1) is 14.0. The molecule has 0 atom stereocenters. The number of amides is 3. The number of hydrazine groups is 1. The van der Waals surface area contributed by atoms with Gasteiger partial charge in [0.1, 0.15) is 0 Å². The van der Waals surface area contributed by atoms with E-state index in [2.05, 4.69) is 5.32 Å². The highest BCUT2D eigenvalue weighted by molar-refractivity contribution is 5.97. The lowest BCUT2D eigenvalue weighted by Crippen LogP contribution is -2.45. The monoisotopic (exact) mass is 395 g/mol. The summed E-state index contributed by atoms with van der Waals surface area (Å²) in [5.74, 6) is 0.732. The van der Waals surface area contributed by atoms with Crippen LogP contribution in [0.5, 0.6) is 11.5 Å². The van der Waals surface area contributed by atoms with E-state index in [0.717, 1.165) is 12.0 Å². The van der Waals surface area contributed by atoms with Crippen LogP contribution in [0.3, 0.4) is 0 Å². The van der Waals surface area contributed by atoms with Crippen LogP contribution in [0.25, 0.3) is 0 Å². The minimum atomic E-state index is -0.240. The van der Waals surface area contributed by atoms with E-state index in [1.807, 2.05) is 6.07 Å². The Morgan fingerprint density at radius 3 is 2.45 bits per heavy atom. The molecule has 8 nitrogen and oxygen atoms in total. The van der Waals surface area contributed by atoms with Gasteiger partial charge in [0.05, 0.1) is 6.42 Å². The molecule has 2 aliphatic rings. The van der Waals surface area contributed by atoms with Crippen molar-refractivity contribution >= 4 is 23.4 Å². The Morgan fingerprint density at radius 2 is 1.69 bits per heavy atom. The van der Waals surface area contributed by atoms with Crippen LogP contribution in [0.1, 0.15) is 29.3 Å². The normalized spacial score (nSPS) is 14.8. The van der Waals surface area contributed by atoms with Crippen LogP contribution in [0, 0.1) is 0 Å². The van der Waals surface area contributed by atoms with Gasteiger partial charge in [-0.15, -0.1) is 0 Å². The van der Waals surface area contributed by atoms with E-state index in [-0.39, 0.29) is 30.9 Å². The predicted octanol–water partition coefficient (Wildman–Crippen LogP) is 2.21. The van der Waals surface area contributed by atoms with Crippen LogP contribution in [0.2, 0.25) is 0 Å². The number of nitrogens with one attached hydrogen (secondary N) is 1. The molecule has 0 spiro atoms. The van der Waals surface area contributed by atoms with Gasteiger partial charge in [-0.2, -0.15) is 0 Å². The molecule has 0 unspecified atom stereocenters. The summed E-state index contributed by atoms with van der Waals surface area (Å²) in [5, 5.41) is 5.66. The van der Waals surface area contributed by atoms with Gasteiger partial charge in [-0.3, -0.25) is 19.4 Å². The van der Waals surface area contributed by atoms with Gasteiger partial charge in [-0.05, 0) is 48.4 Å². The number of fused-ring (bicyclic) bond motifs is 1. The third kappa shape index (κ3) is 4.01. The Kier molecular flexibility index (Phi) is 5.07. The van der Waals surface area contributed by atoms with Crippen molar-refractivity contribution in [3.05, 3.63) is 53.6 Å². The number of carbonyl (C=O) groups is 3. The largest absolute Gasteiger partial charge is 0.454 e. The standard InChI is InChI=1S/C21H21N3O5/c1-14(25)22-17-6-4-16(5-7-17)21(27)24-10-2-9-23(24)20(26)12-15-3-8-18-19(11-15)29-13-28-18/h3-8,11H,2,9-10,12-13H2,1H3,(H,22,25). The predicted molar refractivity (Wildman–Crippen MR) is 104 cm³/mol. The summed E-state index contributed by atoms with van der Waals surface area (Å²) >= 11 is 0. The summed E-state index contributed by atoms with van der Waals surface area (Å²) in [4.78, 5) is 36.9. The second kappa shape index (κ2) is 7.83. The molecule has 2 aromatic carbocycles. The molecule has 1 N–H and O–H groups in total. The fourth-order valence-electron chi connectivity index (χ4n) is 3.45. The number of hydrogen-bond acceptors (Lipinski definition) is 5. The van der Waals surface area contributed by atoms with E-state index in [0.29, 0.717) is 35.8 Å². The lowest BCUT2D eigenvalue weighted by atomic mass is 10.1. The lowest BCUT2D eigenvalue weighted by Gasteiger charge is -2.28. The molecule has 0 radical (unpaired) electrons. The first-order valence-electron chi connectivity index (χ1n) is 9.39. The third-order valence-electron chi connectivity index (χ3n) is 4.80. The van der Waals surface area contributed by atoms with Gasteiger partial charge in [0.25, 0.3) is 5.91 Å². The molecule has 2 aromatic rings. The molecule has 1 fully saturated rings. The highest BCUT2D eigenvalue weighted by Gasteiger charge is 2.31. The molecular weight excluding hydrogens is 374 g/mol. The molecule has 0 aromatic heterocycles. The molecule has 0 saturated carbocycles. The highest BCUT2D eigenvalue weighted by atomic mass is 16.7. The van der Waals surface area contributed by atoms with E-state index in [9.17, 15) is 14.4 Å². The Hall–Kier alpha value is -3.55. The highest BCUT2D eigenvalue weighted by Crippen LogP contribution is 2.32. The van der Waals surface area contributed by atoms with Crippen LogP contribution >= 0.6 is 0 Å². The van der Waals surface area contributed by atoms with Gasteiger partial charge in [-0.1, -0.05) is 6.07 Å². The van der Waals surface area contributed by atoms with Gasteiger partial charge < -0.3 is 14.8 Å². The number of benzene rings is 2. The first kappa shape index (κ1) is 18.8. The van der Waals surface area contributed by atoms with Gasteiger partial charge in [0.15, 0.2) is 11.5 Å². The average molecular weight is 395 g/mol. The van der Waals surface area contributed by atoms with Crippen LogP contribution in [0.4, 0.5) is 5.69 Å². The van der Waals surface area contributed by atoms with Gasteiger partial charge >= 0.3 is 0 Å². The fourth-order valence-corrected chi connectivity index (χ4v) is 3.45. The van der Waals surface area contributed by atoms with Crippen molar-refractivity contribution in [1.82, 2.24) is 10.0 Å². The van der Waals surface area contributed by atoms with Crippen LogP contribution < -0.4 is 14.8 Å². The number of ether oxygens (including phenoxy) is 2. The van der Waals surface area contributed by atoms with Gasteiger partial charge in [-0.25, -0.2) is 5.01 Å². The van der Waals surface area contributed by atoms with Crippen molar-refractivity contribution in [3.63, 3.8) is 0 Å². The second-order valence-electron chi connectivity index (χ2n) is 6.92. The second-order valence-corrected chi connectivity index (χ2v) is 6.92. The first-order valence-corrected chi connectivity index (χ1v) is 9.39. The van der Waals surface area contributed by atoms with Crippen molar-refractivity contribution in [1.29, 1.82) is 0 Å². The Bertz CT molecular complexity index is 957. The SMILES string of the molecule is CC(=O)Nc1ccc(C(=O)N2CCCN2C(=O)Cc2ccc3c(c2)OCO3)cc1. The Morgan fingerprint density at radius 1 is 0.966 bits per heavy atom. The summed E-state index contributed by atoms with van der Waals surface area (Å²) in [6.07, 6.45) is 0.893. The minimum absolute atomic E-state index is 0.149. The zero-order chi connectivity index (χ0) is 20.4. The molecule has 1 saturated heterocycles. The summed E-state index contributed by atoms with van der Waals surface area (Å²) in [5.41, 5.74) is 1.88. The Balaban J connectivity index is 1.44. The lowest BCUT2D eigenvalue weighted by molar-refractivity contribution is -0.139. The molecule has 29 heavy (non-hydrogen) atoms. The average Bonchev–Trinajstić information content (AvgIpc) is 3.36.